The van der Waals surface area contributed by atoms with Gasteiger partial charge < -0.3 is 4.42 Å². The third-order valence-electron chi connectivity index (χ3n) is 12.0. The molecule has 55 heavy (non-hydrogen) atoms. The van der Waals surface area contributed by atoms with Crippen LogP contribution in [-0.4, -0.2) is 15.0 Å². The summed E-state index contributed by atoms with van der Waals surface area (Å²) >= 11 is 0. The van der Waals surface area contributed by atoms with Gasteiger partial charge in [-0.3, -0.25) is 0 Å². The molecule has 0 aliphatic heterocycles. The van der Waals surface area contributed by atoms with Gasteiger partial charge in [0.05, 0.1) is 0 Å². The summed E-state index contributed by atoms with van der Waals surface area (Å²) in [5.41, 5.74) is 15.2. The second-order valence-corrected chi connectivity index (χ2v) is 15.1. The van der Waals surface area contributed by atoms with Gasteiger partial charge in [0.1, 0.15) is 11.2 Å². The van der Waals surface area contributed by atoms with E-state index in [2.05, 4.69) is 121 Å². The number of rotatable bonds is 5. The van der Waals surface area contributed by atoms with Gasteiger partial charge in [0.25, 0.3) is 0 Å². The molecule has 1 spiro atoms. The van der Waals surface area contributed by atoms with E-state index in [4.69, 9.17) is 19.4 Å². The van der Waals surface area contributed by atoms with Crippen molar-refractivity contribution < 1.29 is 4.42 Å². The van der Waals surface area contributed by atoms with Gasteiger partial charge in [-0.05, 0) is 93.7 Å². The maximum atomic E-state index is 6.41. The van der Waals surface area contributed by atoms with E-state index in [1.807, 2.05) is 42.5 Å². The summed E-state index contributed by atoms with van der Waals surface area (Å²) in [4.78, 5) is 15.1. The molecule has 0 unspecified atom stereocenters. The first kappa shape index (κ1) is 31.8. The molecule has 2 aliphatic rings. The second kappa shape index (κ2) is 12.7. The first-order valence-electron chi connectivity index (χ1n) is 19.4. The Kier molecular flexibility index (Phi) is 7.38. The second-order valence-electron chi connectivity index (χ2n) is 15.1. The Bertz CT molecular complexity index is 2890. The van der Waals surface area contributed by atoms with Crippen molar-refractivity contribution in [3.05, 3.63) is 175 Å². The van der Waals surface area contributed by atoms with Gasteiger partial charge in [-0.2, -0.15) is 0 Å². The van der Waals surface area contributed by atoms with E-state index >= 15 is 0 Å². The van der Waals surface area contributed by atoms with E-state index in [1.165, 1.54) is 71.0 Å². The van der Waals surface area contributed by atoms with Crippen LogP contribution < -0.4 is 0 Å². The quantitative estimate of drug-likeness (QED) is 0.179. The molecule has 0 atom stereocenters. The van der Waals surface area contributed by atoms with Crippen molar-refractivity contribution in [1.82, 2.24) is 15.0 Å². The van der Waals surface area contributed by atoms with Crippen LogP contribution in [-0.2, 0) is 5.41 Å². The zero-order valence-electron chi connectivity index (χ0n) is 30.4. The van der Waals surface area contributed by atoms with Crippen molar-refractivity contribution in [1.29, 1.82) is 0 Å². The molecule has 2 aromatic heterocycles. The molecule has 2 aliphatic carbocycles. The standard InChI is InChI=1S/C51H37N3O/c1-4-12-33(13-5-1)34-18-20-36(21-19-34)49-52-48(35-14-6-2-7-15-35)53-50(54-49)39-24-27-47-43(32-39)42-31-38(23-26-46(42)55-47)37-22-25-45-41(30-37)40-16-8-9-17-44(40)51(45)28-10-3-11-29-51/h1-2,4-9,12-27,30-32H,3,10-11,28-29H2. The number of fused-ring (bicyclic) bond motifs is 8. The maximum absolute atomic E-state index is 6.41. The van der Waals surface area contributed by atoms with Crippen LogP contribution in [0.15, 0.2) is 168 Å². The molecule has 0 saturated heterocycles. The van der Waals surface area contributed by atoms with E-state index in [9.17, 15) is 0 Å². The predicted octanol–water partition coefficient (Wildman–Crippen LogP) is 13.3. The number of hydrogen-bond donors (Lipinski definition) is 0. The highest BCUT2D eigenvalue weighted by atomic mass is 16.3. The first-order valence-corrected chi connectivity index (χ1v) is 19.4. The molecule has 0 N–H and O–H groups in total. The van der Waals surface area contributed by atoms with Gasteiger partial charge in [0, 0.05) is 32.9 Å². The zero-order valence-corrected chi connectivity index (χ0v) is 30.4. The van der Waals surface area contributed by atoms with Crippen molar-refractivity contribution >= 4 is 21.9 Å². The minimum absolute atomic E-state index is 0.157. The highest BCUT2D eigenvalue weighted by Gasteiger charge is 2.43. The lowest BCUT2D eigenvalue weighted by Crippen LogP contribution is -2.27. The molecule has 4 nitrogen and oxygen atoms in total. The Labute approximate surface area is 320 Å². The SMILES string of the molecule is c1ccc(-c2ccc(-c3nc(-c4ccccc4)nc(-c4ccc5oc6ccc(-c7ccc8c(c7)-c7ccccc7C87CCCCC7)cc6c5c4)n3)cc2)cc1. The Morgan fingerprint density at radius 3 is 1.55 bits per heavy atom. The van der Waals surface area contributed by atoms with E-state index in [1.54, 1.807) is 0 Å². The van der Waals surface area contributed by atoms with Crippen LogP contribution in [0.4, 0.5) is 0 Å². The predicted molar refractivity (Wildman–Crippen MR) is 224 cm³/mol. The fourth-order valence-corrected chi connectivity index (χ4v) is 9.23. The average molecular weight is 708 g/mol. The van der Waals surface area contributed by atoms with Crippen molar-refractivity contribution in [2.45, 2.75) is 37.5 Å². The van der Waals surface area contributed by atoms with E-state index in [0.29, 0.717) is 17.5 Å². The average Bonchev–Trinajstić information content (AvgIpc) is 3.76. The number of aromatic nitrogens is 3. The minimum Gasteiger partial charge on any atom is -0.456 e. The summed E-state index contributed by atoms with van der Waals surface area (Å²) in [6.45, 7) is 0. The molecule has 1 fully saturated rings. The van der Waals surface area contributed by atoms with Crippen LogP contribution in [0.5, 0.6) is 0 Å². The van der Waals surface area contributed by atoms with Crippen LogP contribution in [0, 0.1) is 0 Å². The van der Waals surface area contributed by atoms with Gasteiger partial charge >= 0.3 is 0 Å². The topological polar surface area (TPSA) is 51.8 Å². The fraction of sp³-hybridized carbons (Fsp3) is 0.118. The molecule has 9 aromatic rings. The summed E-state index contributed by atoms with van der Waals surface area (Å²) < 4.78 is 6.41. The molecule has 7 aromatic carbocycles. The fourth-order valence-electron chi connectivity index (χ4n) is 9.23. The van der Waals surface area contributed by atoms with Gasteiger partial charge in [-0.15, -0.1) is 0 Å². The summed E-state index contributed by atoms with van der Waals surface area (Å²) in [7, 11) is 0. The molecule has 0 bridgehead atoms. The summed E-state index contributed by atoms with van der Waals surface area (Å²) in [6.07, 6.45) is 6.40. The molecular formula is C51H37N3O. The van der Waals surface area contributed by atoms with Crippen LogP contribution in [0.3, 0.4) is 0 Å². The zero-order chi connectivity index (χ0) is 36.3. The Balaban J connectivity index is 1.00. The molecule has 2 heterocycles. The van der Waals surface area contributed by atoms with Crippen molar-refractivity contribution in [3.63, 3.8) is 0 Å². The largest absolute Gasteiger partial charge is 0.456 e. The van der Waals surface area contributed by atoms with Gasteiger partial charge in [0.2, 0.25) is 0 Å². The number of benzene rings is 7. The summed E-state index contributed by atoms with van der Waals surface area (Å²) in [5.74, 6) is 1.90. The van der Waals surface area contributed by atoms with Crippen molar-refractivity contribution in [2.24, 2.45) is 0 Å². The number of furan rings is 1. The Morgan fingerprint density at radius 2 is 0.836 bits per heavy atom. The normalized spacial score (nSPS) is 14.3. The van der Waals surface area contributed by atoms with Crippen molar-refractivity contribution in [2.75, 3.05) is 0 Å². The molecule has 4 heteroatoms. The van der Waals surface area contributed by atoms with E-state index in [0.717, 1.165) is 44.2 Å². The third kappa shape index (κ3) is 5.32. The third-order valence-corrected chi connectivity index (χ3v) is 12.0. The number of hydrogen-bond acceptors (Lipinski definition) is 4. The highest BCUT2D eigenvalue weighted by molar-refractivity contribution is 6.07. The molecule has 11 rings (SSSR count). The molecule has 0 radical (unpaired) electrons. The van der Waals surface area contributed by atoms with Crippen LogP contribution >= 0.6 is 0 Å². The summed E-state index contributed by atoms with van der Waals surface area (Å²) in [5, 5.41) is 2.12. The monoisotopic (exact) mass is 707 g/mol. The highest BCUT2D eigenvalue weighted by Crippen LogP contribution is 2.56. The lowest BCUT2D eigenvalue weighted by Gasteiger charge is -2.36. The van der Waals surface area contributed by atoms with Crippen LogP contribution in [0.2, 0.25) is 0 Å². The molecular weight excluding hydrogens is 671 g/mol. The lowest BCUT2D eigenvalue weighted by molar-refractivity contribution is 0.353. The smallest absolute Gasteiger partial charge is 0.164 e. The van der Waals surface area contributed by atoms with Crippen LogP contribution in [0.25, 0.3) is 89.5 Å². The van der Waals surface area contributed by atoms with Gasteiger partial charge in [-0.1, -0.05) is 147 Å². The van der Waals surface area contributed by atoms with E-state index in [-0.39, 0.29) is 5.41 Å². The van der Waals surface area contributed by atoms with E-state index < -0.39 is 0 Å². The van der Waals surface area contributed by atoms with Crippen LogP contribution in [0.1, 0.15) is 43.2 Å². The molecule has 262 valence electrons. The minimum atomic E-state index is 0.157. The lowest BCUT2D eigenvalue weighted by atomic mass is 9.68. The molecule has 1 saturated carbocycles. The van der Waals surface area contributed by atoms with Gasteiger partial charge in [0.15, 0.2) is 17.5 Å². The molecule has 0 amide bonds. The van der Waals surface area contributed by atoms with Gasteiger partial charge in [-0.25, -0.2) is 15.0 Å². The van der Waals surface area contributed by atoms with Crippen molar-refractivity contribution in [3.8, 4) is 67.5 Å². The Hall–Kier alpha value is -6.65. The maximum Gasteiger partial charge on any atom is 0.164 e. The summed E-state index contributed by atoms with van der Waals surface area (Å²) in [6, 6.07) is 58.1. The first-order chi connectivity index (χ1) is 27.2. The Morgan fingerprint density at radius 1 is 0.364 bits per heavy atom. The number of nitrogens with zero attached hydrogens (tertiary/aromatic N) is 3.